The topological polar surface area (TPSA) is 92.3 Å². The summed E-state index contributed by atoms with van der Waals surface area (Å²) in [5, 5.41) is 4.53. The molecule has 3 rings (SSSR count). The van der Waals surface area contributed by atoms with E-state index in [1.807, 2.05) is 31.2 Å². The van der Waals surface area contributed by atoms with Crippen molar-refractivity contribution in [2.24, 2.45) is 5.92 Å². The van der Waals surface area contributed by atoms with Gasteiger partial charge in [-0.05, 0) is 43.5 Å². The van der Waals surface area contributed by atoms with Gasteiger partial charge >= 0.3 is 0 Å². The number of pyridine rings is 2. The van der Waals surface area contributed by atoms with Gasteiger partial charge in [0, 0.05) is 37.1 Å². The normalized spacial score (nSPS) is 15.9. The Morgan fingerprint density at radius 1 is 1.17 bits per heavy atom. The molecule has 1 aliphatic rings. The quantitative estimate of drug-likeness (QED) is 0.684. The Bertz CT molecular complexity index is 914. The van der Waals surface area contributed by atoms with Crippen molar-refractivity contribution < 1.29 is 13.2 Å². The SMILES string of the molecule is CCCCS(=O)(=O)N1CCC(C(=O)Nc2ccnc(Sc3ccccn3)c2)CC1. The van der Waals surface area contributed by atoms with Gasteiger partial charge < -0.3 is 5.32 Å². The highest BCUT2D eigenvalue weighted by Gasteiger charge is 2.30. The zero-order chi connectivity index (χ0) is 20.7. The van der Waals surface area contributed by atoms with E-state index in [0.29, 0.717) is 38.0 Å². The van der Waals surface area contributed by atoms with Gasteiger partial charge in [0.1, 0.15) is 10.1 Å². The van der Waals surface area contributed by atoms with E-state index in [1.165, 1.54) is 16.1 Å². The van der Waals surface area contributed by atoms with E-state index in [-0.39, 0.29) is 17.6 Å². The van der Waals surface area contributed by atoms with E-state index in [9.17, 15) is 13.2 Å². The number of piperidine rings is 1. The number of carbonyl (C=O) groups is 1. The van der Waals surface area contributed by atoms with Crippen LogP contribution in [0.1, 0.15) is 32.6 Å². The molecule has 0 atom stereocenters. The van der Waals surface area contributed by atoms with Crippen molar-refractivity contribution in [2.75, 3.05) is 24.2 Å². The van der Waals surface area contributed by atoms with Crippen LogP contribution in [0.5, 0.6) is 0 Å². The van der Waals surface area contributed by atoms with Crippen LogP contribution in [0.4, 0.5) is 5.69 Å². The summed E-state index contributed by atoms with van der Waals surface area (Å²) in [7, 11) is -3.20. The first-order valence-corrected chi connectivity index (χ1v) is 12.2. The highest BCUT2D eigenvalue weighted by molar-refractivity contribution is 7.99. The zero-order valence-corrected chi connectivity index (χ0v) is 18.1. The Kier molecular flexibility index (Phi) is 7.63. The Morgan fingerprint density at radius 3 is 2.62 bits per heavy atom. The van der Waals surface area contributed by atoms with Crippen molar-refractivity contribution in [3.8, 4) is 0 Å². The van der Waals surface area contributed by atoms with E-state index >= 15 is 0 Å². The number of nitrogens with one attached hydrogen (secondary N) is 1. The van der Waals surface area contributed by atoms with Crippen molar-refractivity contribution in [1.82, 2.24) is 14.3 Å². The number of nitrogens with zero attached hydrogens (tertiary/aromatic N) is 3. The molecule has 0 unspecified atom stereocenters. The molecular formula is C20H26N4O3S2. The third kappa shape index (κ3) is 6.25. The summed E-state index contributed by atoms with van der Waals surface area (Å²) in [5.74, 6) is -0.0723. The molecular weight excluding hydrogens is 408 g/mol. The van der Waals surface area contributed by atoms with Gasteiger partial charge in [-0.15, -0.1) is 0 Å². The monoisotopic (exact) mass is 434 g/mol. The summed E-state index contributed by atoms with van der Waals surface area (Å²) in [6.07, 6.45) is 5.98. The van der Waals surface area contributed by atoms with Crippen LogP contribution in [0, 0.1) is 5.92 Å². The molecule has 0 radical (unpaired) electrons. The van der Waals surface area contributed by atoms with Crippen LogP contribution in [-0.4, -0.2) is 47.4 Å². The highest BCUT2D eigenvalue weighted by atomic mass is 32.2. The minimum atomic E-state index is -3.20. The van der Waals surface area contributed by atoms with Gasteiger partial charge in [-0.1, -0.05) is 31.2 Å². The minimum absolute atomic E-state index is 0.0735. The van der Waals surface area contributed by atoms with Crippen LogP contribution in [-0.2, 0) is 14.8 Å². The average molecular weight is 435 g/mol. The summed E-state index contributed by atoms with van der Waals surface area (Å²) in [4.78, 5) is 21.2. The van der Waals surface area contributed by atoms with E-state index in [4.69, 9.17) is 0 Å². The van der Waals surface area contributed by atoms with Crippen LogP contribution in [0.15, 0.2) is 52.8 Å². The molecule has 1 N–H and O–H groups in total. The molecule has 2 aromatic rings. The van der Waals surface area contributed by atoms with Gasteiger partial charge in [-0.25, -0.2) is 22.7 Å². The zero-order valence-electron chi connectivity index (χ0n) is 16.5. The Balaban J connectivity index is 1.54. The molecule has 0 aromatic carbocycles. The number of amides is 1. The number of hydrogen-bond donors (Lipinski definition) is 1. The summed E-state index contributed by atoms with van der Waals surface area (Å²) < 4.78 is 26.1. The lowest BCUT2D eigenvalue weighted by atomic mass is 9.97. The minimum Gasteiger partial charge on any atom is -0.326 e. The summed E-state index contributed by atoms with van der Waals surface area (Å²) in [5.41, 5.74) is 0.682. The number of unbranched alkanes of at least 4 members (excludes halogenated alkanes) is 1. The first kappa shape index (κ1) is 21.7. The molecule has 1 saturated heterocycles. The lowest BCUT2D eigenvalue weighted by Gasteiger charge is -2.30. The smallest absolute Gasteiger partial charge is 0.227 e. The Morgan fingerprint density at radius 2 is 1.93 bits per heavy atom. The average Bonchev–Trinajstić information content (AvgIpc) is 2.73. The molecule has 156 valence electrons. The lowest BCUT2D eigenvalue weighted by molar-refractivity contribution is -0.120. The van der Waals surface area contributed by atoms with E-state index in [0.717, 1.165) is 16.5 Å². The third-order valence-corrected chi connectivity index (χ3v) is 7.66. The molecule has 3 heterocycles. The van der Waals surface area contributed by atoms with Gasteiger partial charge in [-0.3, -0.25) is 4.79 Å². The molecule has 0 aliphatic carbocycles. The van der Waals surface area contributed by atoms with Crippen molar-refractivity contribution in [2.45, 2.75) is 42.7 Å². The standard InChI is InChI=1S/C20H26N4O3S2/c1-2-3-14-29(26,27)24-12-8-16(9-13-24)20(25)23-17-7-11-22-19(15-17)28-18-6-4-5-10-21-18/h4-7,10-11,15-16H,2-3,8-9,12-14H2,1H3,(H,22,23,25). The fourth-order valence-corrected chi connectivity index (χ4v) is 5.61. The molecule has 0 spiro atoms. The maximum absolute atomic E-state index is 12.6. The van der Waals surface area contributed by atoms with Gasteiger partial charge in [0.05, 0.1) is 5.75 Å². The maximum Gasteiger partial charge on any atom is 0.227 e. The number of rotatable bonds is 8. The molecule has 1 aliphatic heterocycles. The largest absolute Gasteiger partial charge is 0.326 e. The fourth-order valence-electron chi connectivity index (χ4n) is 3.15. The van der Waals surface area contributed by atoms with Gasteiger partial charge in [0.25, 0.3) is 0 Å². The van der Waals surface area contributed by atoms with Crippen LogP contribution in [0.2, 0.25) is 0 Å². The van der Waals surface area contributed by atoms with Crippen molar-refractivity contribution >= 4 is 33.4 Å². The van der Waals surface area contributed by atoms with Crippen molar-refractivity contribution in [3.05, 3.63) is 42.7 Å². The summed E-state index contributed by atoms with van der Waals surface area (Å²) >= 11 is 1.43. The van der Waals surface area contributed by atoms with Crippen molar-refractivity contribution in [3.63, 3.8) is 0 Å². The highest BCUT2D eigenvalue weighted by Crippen LogP contribution is 2.26. The Labute approximate surface area is 176 Å². The molecule has 2 aromatic heterocycles. The number of sulfonamides is 1. The number of aromatic nitrogens is 2. The molecule has 9 heteroatoms. The molecule has 1 fully saturated rings. The maximum atomic E-state index is 12.6. The van der Waals surface area contributed by atoms with Crippen LogP contribution in [0.25, 0.3) is 0 Å². The molecule has 0 saturated carbocycles. The lowest BCUT2D eigenvalue weighted by Crippen LogP contribution is -2.42. The number of anilines is 1. The van der Waals surface area contributed by atoms with Crippen LogP contribution >= 0.6 is 11.8 Å². The third-order valence-electron chi connectivity index (χ3n) is 4.82. The molecule has 0 bridgehead atoms. The summed E-state index contributed by atoms with van der Waals surface area (Å²) in [6, 6.07) is 9.25. The van der Waals surface area contributed by atoms with Crippen LogP contribution in [0.3, 0.4) is 0 Å². The molecule has 1 amide bonds. The second-order valence-corrected chi connectivity index (χ2v) is 10.1. The molecule has 7 nitrogen and oxygen atoms in total. The van der Waals surface area contributed by atoms with E-state index < -0.39 is 10.0 Å². The van der Waals surface area contributed by atoms with Crippen molar-refractivity contribution in [1.29, 1.82) is 0 Å². The second kappa shape index (κ2) is 10.2. The van der Waals surface area contributed by atoms with Crippen LogP contribution < -0.4 is 5.32 Å². The number of hydrogen-bond acceptors (Lipinski definition) is 6. The number of carbonyl (C=O) groups excluding carboxylic acids is 1. The first-order valence-electron chi connectivity index (χ1n) is 9.81. The predicted octanol–water partition coefficient (Wildman–Crippen LogP) is 3.41. The Hall–Kier alpha value is -1.97. The van der Waals surface area contributed by atoms with Gasteiger partial charge in [0.2, 0.25) is 15.9 Å². The molecule has 29 heavy (non-hydrogen) atoms. The van der Waals surface area contributed by atoms with Gasteiger partial charge in [-0.2, -0.15) is 0 Å². The fraction of sp³-hybridized carbons (Fsp3) is 0.450. The predicted molar refractivity (Wildman–Crippen MR) is 114 cm³/mol. The van der Waals surface area contributed by atoms with Gasteiger partial charge in [0.15, 0.2) is 0 Å². The van der Waals surface area contributed by atoms with E-state index in [2.05, 4.69) is 15.3 Å². The first-order chi connectivity index (χ1) is 14.0. The summed E-state index contributed by atoms with van der Waals surface area (Å²) in [6.45, 7) is 2.79. The second-order valence-electron chi connectivity index (χ2n) is 6.98. The van der Waals surface area contributed by atoms with E-state index in [1.54, 1.807) is 18.5 Å².